The summed E-state index contributed by atoms with van der Waals surface area (Å²) < 4.78 is 5.93. The number of alkyl halides is 1. The quantitative estimate of drug-likeness (QED) is 0.704. The van der Waals surface area contributed by atoms with Crippen LogP contribution in [0.3, 0.4) is 0 Å². The van der Waals surface area contributed by atoms with Gasteiger partial charge in [-0.3, -0.25) is 0 Å². The highest BCUT2D eigenvalue weighted by Crippen LogP contribution is 2.35. The summed E-state index contributed by atoms with van der Waals surface area (Å²) in [6.07, 6.45) is 1.61. The first-order chi connectivity index (χ1) is 6.27. The Hall–Kier alpha value is -0.440. The van der Waals surface area contributed by atoms with E-state index in [4.69, 9.17) is 27.6 Å². The van der Waals surface area contributed by atoms with E-state index in [-0.39, 0.29) is 5.38 Å². The topological polar surface area (TPSA) is 13.1 Å². The fourth-order valence-corrected chi connectivity index (χ4v) is 2.42. The van der Waals surface area contributed by atoms with Gasteiger partial charge in [0, 0.05) is 4.88 Å². The van der Waals surface area contributed by atoms with E-state index in [2.05, 4.69) is 0 Å². The van der Waals surface area contributed by atoms with Crippen LogP contribution in [0, 0.1) is 0 Å². The minimum absolute atomic E-state index is 0.229. The highest BCUT2D eigenvalue weighted by atomic mass is 35.5. The van der Waals surface area contributed by atoms with Gasteiger partial charge in [-0.05, 0) is 24.3 Å². The highest BCUT2D eigenvalue weighted by molar-refractivity contribution is 7.16. The third-order valence-corrected chi connectivity index (χ3v) is 3.51. The largest absolute Gasteiger partial charge is 0.467 e. The van der Waals surface area contributed by atoms with E-state index in [0.717, 1.165) is 15.0 Å². The zero-order valence-electron chi connectivity index (χ0n) is 6.54. The number of thiophene rings is 1. The Balaban J connectivity index is 2.28. The van der Waals surface area contributed by atoms with Crippen LogP contribution in [-0.4, -0.2) is 0 Å². The number of rotatable bonds is 2. The molecule has 0 aliphatic rings. The standard InChI is InChI=1S/C9H6Cl2OS/c10-8-4-3-7(13-8)9(11)6-2-1-5-12-6/h1-5,9H. The molecule has 0 aromatic carbocycles. The lowest BCUT2D eigenvalue weighted by atomic mass is 10.3. The Kier molecular flexibility index (Phi) is 2.63. The predicted molar refractivity (Wildman–Crippen MR) is 55.7 cm³/mol. The Bertz CT molecular complexity index is 380. The van der Waals surface area contributed by atoms with Gasteiger partial charge in [-0.1, -0.05) is 11.6 Å². The van der Waals surface area contributed by atoms with Crippen molar-refractivity contribution >= 4 is 34.5 Å². The minimum Gasteiger partial charge on any atom is -0.467 e. The van der Waals surface area contributed by atoms with Gasteiger partial charge in [0.15, 0.2) is 0 Å². The summed E-state index contributed by atoms with van der Waals surface area (Å²) >= 11 is 13.4. The molecule has 2 aromatic rings. The predicted octanol–water partition coefficient (Wildman–Crippen LogP) is 4.32. The van der Waals surface area contributed by atoms with Crippen LogP contribution in [0.25, 0.3) is 0 Å². The molecule has 0 spiro atoms. The lowest BCUT2D eigenvalue weighted by Gasteiger charge is -2.01. The second kappa shape index (κ2) is 3.74. The maximum Gasteiger partial charge on any atom is 0.126 e. The van der Waals surface area contributed by atoms with Crippen LogP contribution >= 0.6 is 34.5 Å². The third kappa shape index (κ3) is 1.90. The first-order valence-corrected chi connectivity index (χ1v) is 5.33. The molecule has 0 saturated heterocycles. The van der Waals surface area contributed by atoms with Crippen molar-refractivity contribution < 1.29 is 4.42 Å². The summed E-state index contributed by atoms with van der Waals surface area (Å²) in [6.45, 7) is 0. The summed E-state index contributed by atoms with van der Waals surface area (Å²) in [5.74, 6) is 0.750. The van der Waals surface area contributed by atoms with Gasteiger partial charge in [0.2, 0.25) is 0 Å². The zero-order chi connectivity index (χ0) is 9.26. The molecule has 2 rings (SSSR count). The lowest BCUT2D eigenvalue weighted by Crippen LogP contribution is -1.85. The Morgan fingerprint density at radius 2 is 2.15 bits per heavy atom. The molecule has 0 N–H and O–H groups in total. The Labute approximate surface area is 89.9 Å². The summed E-state index contributed by atoms with van der Waals surface area (Å²) in [7, 11) is 0. The van der Waals surface area contributed by atoms with E-state index in [9.17, 15) is 0 Å². The van der Waals surface area contributed by atoms with Crippen LogP contribution < -0.4 is 0 Å². The fraction of sp³-hybridized carbons (Fsp3) is 0.111. The van der Waals surface area contributed by atoms with Gasteiger partial charge in [0.1, 0.15) is 11.1 Å². The van der Waals surface area contributed by atoms with Crippen LogP contribution in [0.5, 0.6) is 0 Å². The fourth-order valence-electron chi connectivity index (χ4n) is 1.04. The van der Waals surface area contributed by atoms with Crippen LogP contribution in [-0.2, 0) is 0 Å². The van der Waals surface area contributed by atoms with Crippen LogP contribution in [0.4, 0.5) is 0 Å². The molecule has 68 valence electrons. The number of hydrogen-bond acceptors (Lipinski definition) is 2. The number of halogens is 2. The first kappa shape index (κ1) is 9.13. The van der Waals surface area contributed by atoms with Crippen molar-refractivity contribution in [1.82, 2.24) is 0 Å². The second-order valence-corrected chi connectivity index (χ2v) is 4.70. The van der Waals surface area contributed by atoms with Crippen molar-refractivity contribution in [3.8, 4) is 0 Å². The van der Waals surface area contributed by atoms with Crippen LogP contribution in [0.2, 0.25) is 4.34 Å². The maximum absolute atomic E-state index is 6.14. The van der Waals surface area contributed by atoms with Crippen molar-refractivity contribution in [3.63, 3.8) is 0 Å². The van der Waals surface area contributed by atoms with Crippen LogP contribution in [0.1, 0.15) is 16.0 Å². The molecule has 13 heavy (non-hydrogen) atoms. The van der Waals surface area contributed by atoms with Crippen molar-refractivity contribution in [2.45, 2.75) is 5.38 Å². The minimum atomic E-state index is -0.229. The van der Waals surface area contributed by atoms with Crippen molar-refractivity contribution in [2.24, 2.45) is 0 Å². The van der Waals surface area contributed by atoms with Gasteiger partial charge < -0.3 is 4.42 Å². The van der Waals surface area contributed by atoms with E-state index in [1.165, 1.54) is 11.3 Å². The molecular formula is C9H6Cl2OS. The average Bonchev–Trinajstić information content (AvgIpc) is 2.72. The molecule has 4 heteroatoms. The van der Waals surface area contributed by atoms with E-state index >= 15 is 0 Å². The number of hydrogen-bond donors (Lipinski definition) is 0. The Morgan fingerprint density at radius 1 is 1.31 bits per heavy atom. The molecule has 0 amide bonds. The van der Waals surface area contributed by atoms with Crippen molar-refractivity contribution in [1.29, 1.82) is 0 Å². The molecule has 2 heterocycles. The Morgan fingerprint density at radius 3 is 2.69 bits per heavy atom. The summed E-state index contributed by atoms with van der Waals surface area (Å²) in [4.78, 5) is 1.00. The smallest absolute Gasteiger partial charge is 0.126 e. The molecule has 0 saturated carbocycles. The molecule has 0 aliphatic carbocycles. The van der Waals surface area contributed by atoms with E-state index < -0.39 is 0 Å². The lowest BCUT2D eigenvalue weighted by molar-refractivity contribution is 0.517. The SMILES string of the molecule is Clc1ccc(C(Cl)c2ccco2)s1. The zero-order valence-corrected chi connectivity index (χ0v) is 8.86. The third-order valence-electron chi connectivity index (χ3n) is 1.64. The second-order valence-electron chi connectivity index (χ2n) is 2.52. The molecular weight excluding hydrogens is 227 g/mol. The molecule has 0 radical (unpaired) electrons. The summed E-state index contributed by atoms with van der Waals surface area (Å²) in [5, 5.41) is -0.229. The van der Waals surface area contributed by atoms with Gasteiger partial charge >= 0.3 is 0 Å². The first-order valence-electron chi connectivity index (χ1n) is 3.70. The highest BCUT2D eigenvalue weighted by Gasteiger charge is 2.15. The van der Waals surface area contributed by atoms with E-state index in [1.807, 2.05) is 24.3 Å². The number of furan rings is 1. The normalized spacial score (nSPS) is 13.1. The molecule has 1 unspecified atom stereocenters. The van der Waals surface area contributed by atoms with Gasteiger partial charge in [0.25, 0.3) is 0 Å². The summed E-state index contributed by atoms with van der Waals surface area (Å²) in [5.41, 5.74) is 0. The maximum atomic E-state index is 6.14. The average molecular weight is 233 g/mol. The molecule has 0 bridgehead atoms. The monoisotopic (exact) mass is 232 g/mol. The van der Waals surface area contributed by atoms with E-state index in [0.29, 0.717) is 0 Å². The molecule has 0 aliphatic heterocycles. The summed E-state index contributed by atoms with van der Waals surface area (Å²) in [6, 6.07) is 7.41. The van der Waals surface area contributed by atoms with Gasteiger partial charge in [-0.2, -0.15) is 0 Å². The van der Waals surface area contributed by atoms with Gasteiger partial charge in [-0.25, -0.2) is 0 Å². The van der Waals surface area contributed by atoms with Gasteiger partial charge in [0.05, 0.1) is 10.6 Å². The van der Waals surface area contributed by atoms with Crippen LogP contribution in [0.15, 0.2) is 34.9 Å². The molecule has 0 fully saturated rings. The van der Waals surface area contributed by atoms with Crippen molar-refractivity contribution in [3.05, 3.63) is 45.5 Å². The van der Waals surface area contributed by atoms with Crippen molar-refractivity contribution in [2.75, 3.05) is 0 Å². The van der Waals surface area contributed by atoms with E-state index in [1.54, 1.807) is 6.26 Å². The molecule has 2 aromatic heterocycles. The molecule has 1 atom stereocenters. The molecule has 1 nitrogen and oxygen atoms in total. The van der Waals surface area contributed by atoms with Gasteiger partial charge in [-0.15, -0.1) is 22.9 Å².